The second kappa shape index (κ2) is 5.44. The fourth-order valence-electron chi connectivity index (χ4n) is 2.96. The summed E-state index contributed by atoms with van der Waals surface area (Å²) in [4.78, 5) is 14.5. The van der Waals surface area contributed by atoms with E-state index in [2.05, 4.69) is 10.4 Å². The number of rotatable bonds is 2. The lowest BCUT2D eigenvalue weighted by Gasteiger charge is -2.44. The van der Waals surface area contributed by atoms with Crippen molar-refractivity contribution >= 4 is 11.8 Å². The minimum absolute atomic E-state index is 0.0526. The van der Waals surface area contributed by atoms with Gasteiger partial charge in [-0.05, 0) is 13.8 Å². The number of morpholine rings is 1. The van der Waals surface area contributed by atoms with Crippen molar-refractivity contribution in [1.29, 1.82) is 0 Å². The third kappa shape index (κ3) is 2.76. The van der Waals surface area contributed by atoms with E-state index in [4.69, 9.17) is 14.2 Å². The molecule has 122 valence electrons. The van der Waals surface area contributed by atoms with Gasteiger partial charge in [-0.25, -0.2) is 9.48 Å². The largest absolute Gasteiger partial charge is 0.480 e. The van der Waals surface area contributed by atoms with Gasteiger partial charge in [0.25, 0.3) is 0 Å². The van der Waals surface area contributed by atoms with E-state index in [-0.39, 0.29) is 18.2 Å². The van der Waals surface area contributed by atoms with Gasteiger partial charge in [0.15, 0.2) is 0 Å². The number of nitrogens with zero attached hydrogens (tertiary/aromatic N) is 3. The van der Waals surface area contributed by atoms with Crippen molar-refractivity contribution in [3.8, 4) is 5.88 Å². The Morgan fingerprint density at radius 1 is 1.50 bits per heavy atom. The van der Waals surface area contributed by atoms with Crippen LogP contribution in [-0.4, -0.2) is 65.3 Å². The molecule has 1 aromatic heterocycles. The van der Waals surface area contributed by atoms with Crippen LogP contribution in [0.2, 0.25) is 0 Å². The summed E-state index contributed by atoms with van der Waals surface area (Å²) in [6.45, 7) is 5.50. The van der Waals surface area contributed by atoms with E-state index in [1.54, 1.807) is 29.8 Å². The summed E-state index contributed by atoms with van der Waals surface area (Å²) in [7, 11) is 3.29. The quantitative estimate of drug-likeness (QED) is 0.876. The molecule has 22 heavy (non-hydrogen) atoms. The summed E-state index contributed by atoms with van der Waals surface area (Å²) in [5, 5.41) is 7.02. The summed E-state index contributed by atoms with van der Waals surface area (Å²) < 4.78 is 18.1. The summed E-state index contributed by atoms with van der Waals surface area (Å²) in [6, 6.07) is 1.46. The number of aryl methyl sites for hydroxylation is 1. The minimum atomic E-state index is -0.393. The fraction of sp³-hybridized carbons (Fsp3) is 0.714. The van der Waals surface area contributed by atoms with Gasteiger partial charge in [0.2, 0.25) is 5.88 Å². The summed E-state index contributed by atoms with van der Waals surface area (Å²) >= 11 is 0. The van der Waals surface area contributed by atoms with Crippen molar-refractivity contribution in [3.63, 3.8) is 0 Å². The zero-order valence-corrected chi connectivity index (χ0v) is 13.3. The number of fused-ring (bicyclic) bond motifs is 1. The SMILES string of the molecule is COc1cc(NC(=O)N2CC(C)(C)O[C@H]3COC[C@@H]32)n(C)n1. The van der Waals surface area contributed by atoms with Crippen LogP contribution in [0.25, 0.3) is 0 Å². The van der Waals surface area contributed by atoms with E-state index >= 15 is 0 Å². The van der Waals surface area contributed by atoms with Crippen LogP contribution in [0.1, 0.15) is 13.8 Å². The maximum Gasteiger partial charge on any atom is 0.323 e. The smallest absolute Gasteiger partial charge is 0.323 e. The number of amides is 2. The summed E-state index contributed by atoms with van der Waals surface area (Å²) in [5.74, 6) is 1.05. The van der Waals surface area contributed by atoms with Gasteiger partial charge in [0.1, 0.15) is 11.9 Å². The minimum Gasteiger partial charge on any atom is -0.480 e. The van der Waals surface area contributed by atoms with Gasteiger partial charge >= 0.3 is 6.03 Å². The van der Waals surface area contributed by atoms with Gasteiger partial charge in [0.05, 0.1) is 38.5 Å². The van der Waals surface area contributed by atoms with E-state index in [1.165, 1.54) is 0 Å². The average molecular weight is 310 g/mol. The lowest BCUT2D eigenvalue weighted by molar-refractivity contribution is -0.135. The Hall–Kier alpha value is -1.80. The Morgan fingerprint density at radius 3 is 2.95 bits per heavy atom. The van der Waals surface area contributed by atoms with Crippen LogP contribution in [0.15, 0.2) is 6.07 Å². The molecule has 8 heteroatoms. The first-order chi connectivity index (χ1) is 10.4. The topological polar surface area (TPSA) is 77.9 Å². The first kappa shape index (κ1) is 15.1. The molecule has 2 aliphatic rings. The van der Waals surface area contributed by atoms with Crippen LogP contribution < -0.4 is 10.1 Å². The average Bonchev–Trinajstić information content (AvgIpc) is 3.03. The number of nitrogens with one attached hydrogen (secondary N) is 1. The number of carbonyl (C=O) groups excluding carboxylic acids is 1. The molecule has 0 bridgehead atoms. The number of hydrogen-bond donors (Lipinski definition) is 1. The Bertz CT molecular complexity index is 571. The van der Waals surface area contributed by atoms with Crippen LogP contribution in [0.5, 0.6) is 5.88 Å². The zero-order valence-electron chi connectivity index (χ0n) is 13.3. The zero-order chi connectivity index (χ0) is 15.9. The van der Waals surface area contributed by atoms with Crippen LogP contribution >= 0.6 is 0 Å². The molecule has 2 atom stereocenters. The van der Waals surface area contributed by atoms with Crippen molar-refractivity contribution in [2.45, 2.75) is 31.6 Å². The van der Waals surface area contributed by atoms with Gasteiger partial charge in [-0.15, -0.1) is 5.10 Å². The van der Waals surface area contributed by atoms with Crippen LogP contribution in [0.4, 0.5) is 10.6 Å². The molecule has 2 saturated heterocycles. The Labute approximate surface area is 129 Å². The molecule has 2 aliphatic heterocycles. The van der Waals surface area contributed by atoms with Crippen LogP contribution in [-0.2, 0) is 16.5 Å². The first-order valence-electron chi connectivity index (χ1n) is 7.31. The third-order valence-corrected chi connectivity index (χ3v) is 3.98. The van der Waals surface area contributed by atoms with Gasteiger partial charge in [-0.2, -0.15) is 0 Å². The van der Waals surface area contributed by atoms with E-state index in [9.17, 15) is 4.79 Å². The number of carbonyl (C=O) groups is 1. The molecule has 2 fully saturated rings. The molecule has 8 nitrogen and oxygen atoms in total. The van der Waals surface area contributed by atoms with Crippen molar-refractivity contribution in [1.82, 2.24) is 14.7 Å². The second-order valence-electron chi connectivity index (χ2n) is 6.27. The molecule has 0 spiro atoms. The third-order valence-electron chi connectivity index (χ3n) is 3.98. The number of aromatic nitrogens is 2. The highest BCUT2D eigenvalue weighted by molar-refractivity contribution is 5.89. The van der Waals surface area contributed by atoms with E-state index < -0.39 is 5.60 Å². The summed E-state index contributed by atoms with van der Waals surface area (Å²) in [5.41, 5.74) is -0.393. The predicted molar refractivity (Wildman–Crippen MR) is 79.0 cm³/mol. The van der Waals surface area contributed by atoms with Crippen molar-refractivity contribution in [2.75, 3.05) is 32.2 Å². The van der Waals surface area contributed by atoms with Crippen molar-refractivity contribution in [2.24, 2.45) is 7.05 Å². The van der Waals surface area contributed by atoms with E-state index in [0.29, 0.717) is 31.5 Å². The van der Waals surface area contributed by atoms with E-state index in [1.807, 2.05) is 13.8 Å². The molecule has 2 amide bonds. The number of anilines is 1. The van der Waals surface area contributed by atoms with Crippen molar-refractivity contribution < 1.29 is 19.0 Å². The molecular weight excluding hydrogens is 288 g/mol. The van der Waals surface area contributed by atoms with Crippen molar-refractivity contribution in [3.05, 3.63) is 6.07 Å². The lowest BCUT2D eigenvalue weighted by Crippen LogP contribution is -2.61. The molecule has 1 N–H and O–H groups in total. The maximum atomic E-state index is 12.7. The Balaban J connectivity index is 1.76. The molecule has 0 aromatic carbocycles. The Morgan fingerprint density at radius 2 is 2.27 bits per heavy atom. The lowest BCUT2D eigenvalue weighted by atomic mass is 10.0. The highest BCUT2D eigenvalue weighted by Gasteiger charge is 2.46. The van der Waals surface area contributed by atoms with Crippen LogP contribution in [0, 0.1) is 0 Å². The predicted octanol–water partition coefficient (Wildman–Crippen LogP) is 0.839. The second-order valence-corrected chi connectivity index (χ2v) is 6.27. The molecule has 0 radical (unpaired) electrons. The summed E-state index contributed by atoms with van der Waals surface area (Å²) in [6.07, 6.45) is -0.0735. The fourth-order valence-corrected chi connectivity index (χ4v) is 2.96. The van der Waals surface area contributed by atoms with Gasteiger partial charge in [-0.1, -0.05) is 0 Å². The molecule has 0 aliphatic carbocycles. The van der Waals surface area contributed by atoms with Gasteiger partial charge in [-0.3, -0.25) is 5.32 Å². The number of urea groups is 1. The number of ether oxygens (including phenoxy) is 3. The van der Waals surface area contributed by atoms with Gasteiger partial charge in [0, 0.05) is 13.1 Å². The standard InChI is InChI=1S/C14H22N4O4/c1-14(2)8-18(9-6-21-7-10(9)22-14)13(19)15-11-5-12(20-4)16-17(11)3/h5,9-10H,6-8H2,1-4H3,(H,15,19)/t9-,10-/m0/s1. The first-order valence-corrected chi connectivity index (χ1v) is 7.31. The monoisotopic (exact) mass is 310 g/mol. The maximum absolute atomic E-state index is 12.7. The molecule has 0 saturated carbocycles. The molecule has 0 unspecified atom stereocenters. The normalized spacial score (nSPS) is 26.6. The highest BCUT2D eigenvalue weighted by Crippen LogP contribution is 2.30. The molecule has 1 aromatic rings. The molecular formula is C14H22N4O4. The molecule has 3 rings (SSSR count). The van der Waals surface area contributed by atoms with E-state index in [0.717, 1.165) is 0 Å². The Kier molecular flexibility index (Phi) is 3.73. The molecule has 3 heterocycles. The number of methoxy groups -OCH3 is 1. The van der Waals surface area contributed by atoms with Crippen LogP contribution in [0.3, 0.4) is 0 Å². The highest BCUT2D eigenvalue weighted by atomic mass is 16.6. The number of hydrogen-bond acceptors (Lipinski definition) is 5. The van der Waals surface area contributed by atoms with Gasteiger partial charge < -0.3 is 19.1 Å².